The number of rotatable bonds is 3. The summed E-state index contributed by atoms with van der Waals surface area (Å²) in [5.74, 6) is -0.411. The van der Waals surface area contributed by atoms with Crippen LogP contribution < -0.4 is 5.32 Å². The van der Waals surface area contributed by atoms with Crippen molar-refractivity contribution in [3.8, 4) is 0 Å². The van der Waals surface area contributed by atoms with Crippen LogP contribution in [-0.2, 0) is 0 Å². The maximum atomic E-state index is 12.8. The van der Waals surface area contributed by atoms with Crippen molar-refractivity contribution in [2.24, 2.45) is 0 Å². The van der Waals surface area contributed by atoms with Gasteiger partial charge in [0, 0.05) is 56.9 Å². The number of benzene rings is 2. The summed E-state index contributed by atoms with van der Waals surface area (Å²) >= 11 is 0. The Hall–Kier alpha value is -3.88. The van der Waals surface area contributed by atoms with Crippen molar-refractivity contribution in [1.82, 2.24) is 24.9 Å². The van der Waals surface area contributed by atoms with E-state index < -0.39 is 0 Å². The number of nitrogens with one attached hydrogen (secondary N) is 2. The van der Waals surface area contributed by atoms with E-state index in [0.29, 0.717) is 43.1 Å². The van der Waals surface area contributed by atoms with Crippen LogP contribution in [0, 0.1) is 0 Å². The molecule has 0 aliphatic carbocycles. The number of carbonyl (C=O) groups is 3. The van der Waals surface area contributed by atoms with Gasteiger partial charge in [0.2, 0.25) is 0 Å². The maximum Gasteiger partial charge on any atom is 0.319 e. The van der Waals surface area contributed by atoms with E-state index in [9.17, 15) is 14.4 Å². The third-order valence-electron chi connectivity index (χ3n) is 5.30. The lowest BCUT2D eigenvalue weighted by Crippen LogP contribution is -2.52. The summed E-state index contributed by atoms with van der Waals surface area (Å²) < 4.78 is 0. The lowest BCUT2D eigenvalue weighted by molar-refractivity contribution is 0.0650. The molecule has 1 aliphatic rings. The van der Waals surface area contributed by atoms with Gasteiger partial charge >= 0.3 is 6.03 Å². The smallest absolute Gasteiger partial charge is 0.319 e. The van der Waals surface area contributed by atoms with Crippen molar-refractivity contribution in [3.63, 3.8) is 0 Å². The van der Waals surface area contributed by atoms with Gasteiger partial charge in [0.05, 0.1) is 5.52 Å². The van der Waals surface area contributed by atoms with E-state index in [-0.39, 0.29) is 17.8 Å². The molecule has 4 amide bonds. The Kier molecular flexibility index (Phi) is 5.57. The number of fused-ring (bicyclic) bond motifs is 1. The molecule has 0 atom stereocenters. The van der Waals surface area contributed by atoms with Crippen molar-refractivity contribution in [1.29, 1.82) is 0 Å². The Bertz CT molecular complexity index is 1110. The Morgan fingerprint density at radius 1 is 0.935 bits per heavy atom. The van der Waals surface area contributed by atoms with E-state index in [1.165, 1.54) is 4.90 Å². The number of aromatic nitrogens is 2. The van der Waals surface area contributed by atoms with Crippen LogP contribution in [0.5, 0.6) is 0 Å². The first-order chi connectivity index (χ1) is 14.9. The molecular formula is C22H24N6O3. The summed E-state index contributed by atoms with van der Waals surface area (Å²) in [6.07, 6.45) is 0. The number of para-hydroxylation sites is 1. The molecule has 1 aliphatic heterocycles. The van der Waals surface area contributed by atoms with Crippen molar-refractivity contribution in [3.05, 3.63) is 59.8 Å². The Balaban J connectivity index is 1.37. The SMILES string of the molecule is CN(C)C(=O)N1CCN(C(=O)c2ccc(NC(=O)c3n[nH]c4ccccc34)cc2)CC1. The van der Waals surface area contributed by atoms with E-state index >= 15 is 0 Å². The molecule has 0 unspecified atom stereocenters. The number of H-pyrrole nitrogens is 1. The number of urea groups is 1. The first kappa shape index (κ1) is 20.4. The second-order valence-corrected chi connectivity index (χ2v) is 7.61. The van der Waals surface area contributed by atoms with E-state index in [1.807, 2.05) is 24.3 Å². The molecule has 0 bridgehead atoms. The van der Waals surface area contributed by atoms with Crippen LogP contribution in [0.4, 0.5) is 10.5 Å². The first-order valence-electron chi connectivity index (χ1n) is 10.0. The third-order valence-corrected chi connectivity index (χ3v) is 5.30. The molecule has 2 N–H and O–H groups in total. The summed E-state index contributed by atoms with van der Waals surface area (Å²) in [4.78, 5) is 42.4. The number of nitrogens with zero attached hydrogens (tertiary/aromatic N) is 4. The zero-order valence-electron chi connectivity index (χ0n) is 17.5. The summed E-state index contributed by atoms with van der Waals surface area (Å²) in [5, 5.41) is 10.5. The fraction of sp³-hybridized carbons (Fsp3) is 0.273. The van der Waals surface area contributed by atoms with Crippen LogP contribution in [0.1, 0.15) is 20.8 Å². The number of carbonyl (C=O) groups excluding carboxylic acids is 3. The zero-order valence-corrected chi connectivity index (χ0v) is 17.5. The molecule has 2 aromatic carbocycles. The molecule has 0 saturated carbocycles. The molecule has 1 fully saturated rings. The van der Waals surface area contributed by atoms with Gasteiger partial charge < -0.3 is 20.0 Å². The number of hydrogen-bond acceptors (Lipinski definition) is 4. The normalized spacial score (nSPS) is 13.9. The number of amides is 4. The highest BCUT2D eigenvalue weighted by Crippen LogP contribution is 2.18. The van der Waals surface area contributed by atoms with Gasteiger partial charge in [-0.15, -0.1) is 0 Å². The molecule has 2 heterocycles. The molecule has 0 spiro atoms. The second kappa shape index (κ2) is 8.47. The minimum atomic E-state index is -0.321. The monoisotopic (exact) mass is 420 g/mol. The van der Waals surface area contributed by atoms with Crippen LogP contribution in [0.15, 0.2) is 48.5 Å². The predicted octanol–water partition coefficient (Wildman–Crippen LogP) is 2.25. The number of hydrogen-bond donors (Lipinski definition) is 2. The zero-order chi connectivity index (χ0) is 22.0. The molecule has 1 saturated heterocycles. The van der Waals surface area contributed by atoms with Crippen LogP contribution in [-0.4, -0.2) is 83.0 Å². The average molecular weight is 420 g/mol. The molecule has 3 aromatic rings. The molecular weight excluding hydrogens is 396 g/mol. The highest BCUT2D eigenvalue weighted by molar-refractivity contribution is 6.11. The van der Waals surface area contributed by atoms with Gasteiger partial charge in [-0.25, -0.2) is 4.79 Å². The lowest BCUT2D eigenvalue weighted by atomic mass is 10.1. The Labute approximate surface area is 179 Å². The van der Waals surface area contributed by atoms with Gasteiger partial charge in [-0.1, -0.05) is 18.2 Å². The quantitative estimate of drug-likeness (QED) is 0.679. The highest BCUT2D eigenvalue weighted by Gasteiger charge is 2.25. The molecule has 160 valence electrons. The summed E-state index contributed by atoms with van der Waals surface area (Å²) in [7, 11) is 3.43. The van der Waals surface area contributed by atoms with Gasteiger partial charge in [0.25, 0.3) is 11.8 Å². The standard InChI is InChI=1S/C22H24N6O3/c1-26(2)22(31)28-13-11-27(12-14-28)21(30)15-7-9-16(10-8-15)23-20(29)19-17-5-3-4-6-18(17)24-25-19/h3-10H,11-14H2,1-2H3,(H,23,29)(H,24,25). The number of anilines is 1. The number of piperazine rings is 1. The molecule has 0 radical (unpaired) electrons. The minimum absolute atomic E-state index is 0.0446. The van der Waals surface area contributed by atoms with Crippen molar-refractivity contribution in [2.75, 3.05) is 45.6 Å². The molecule has 31 heavy (non-hydrogen) atoms. The Morgan fingerprint density at radius 2 is 1.58 bits per heavy atom. The van der Waals surface area contributed by atoms with E-state index in [0.717, 1.165) is 10.9 Å². The fourth-order valence-corrected chi connectivity index (χ4v) is 3.59. The molecule has 1 aromatic heterocycles. The lowest BCUT2D eigenvalue weighted by Gasteiger charge is -2.36. The fourth-order valence-electron chi connectivity index (χ4n) is 3.59. The van der Waals surface area contributed by atoms with Crippen LogP contribution in [0.2, 0.25) is 0 Å². The Morgan fingerprint density at radius 3 is 2.26 bits per heavy atom. The molecule has 4 rings (SSSR count). The van der Waals surface area contributed by atoms with Crippen molar-refractivity contribution < 1.29 is 14.4 Å². The van der Waals surface area contributed by atoms with Gasteiger partial charge in [-0.05, 0) is 30.3 Å². The maximum absolute atomic E-state index is 12.8. The average Bonchev–Trinajstić information content (AvgIpc) is 3.23. The van der Waals surface area contributed by atoms with E-state index in [4.69, 9.17) is 0 Å². The summed E-state index contributed by atoms with van der Waals surface area (Å²) in [6, 6.07) is 14.2. The highest BCUT2D eigenvalue weighted by atomic mass is 16.2. The summed E-state index contributed by atoms with van der Waals surface area (Å²) in [5.41, 5.74) is 2.23. The van der Waals surface area contributed by atoms with Crippen molar-refractivity contribution in [2.45, 2.75) is 0 Å². The van der Waals surface area contributed by atoms with Gasteiger partial charge in [0.1, 0.15) is 0 Å². The van der Waals surface area contributed by atoms with Crippen LogP contribution >= 0.6 is 0 Å². The second-order valence-electron chi connectivity index (χ2n) is 7.61. The largest absolute Gasteiger partial charge is 0.335 e. The van der Waals surface area contributed by atoms with E-state index in [1.54, 1.807) is 48.2 Å². The topological polar surface area (TPSA) is 102 Å². The molecule has 9 heteroatoms. The first-order valence-corrected chi connectivity index (χ1v) is 10.0. The number of aromatic amines is 1. The third kappa shape index (κ3) is 4.20. The van der Waals surface area contributed by atoms with Crippen LogP contribution in [0.3, 0.4) is 0 Å². The predicted molar refractivity (Wildman–Crippen MR) is 117 cm³/mol. The summed E-state index contributed by atoms with van der Waals surface area (Å²) in [6.45, 7) is 2.00. The van der Waals surface area contributed by atoms with Gasteiger partial charge in [-0.2, -0.15) is 5.10 Å². The van der Waals surface area contributed by atoms with E-state index in [2.05, 4.69) is 15.5 Å². The van der Waals surface area contributed by atoms with Crippen LogP contribution in [0.25, 0.3) is 10.9 Å². The minimum Gasteiger partial charge on any atom is -0.335 e. The molecule has 9 nitrogen and oxygen atoms in total. The van der Waals surface area contributed by atoms with Gasteiger partial charge in [-0.3, -0.25) is 14.7 Å². The van der Waals surface area contributed by atoms with Gasteiger partial charge in [0.15, 0.2) is 5.69 Å². The van der Waals surface area contributed by atoms with Crippen molar-refractivity contribution >= 4 is 34.4 Å².